The quantitative estimate of drug-likeness (QED) is 0.773. The van der Waals surface area contributed by atoms with Gasteiger partial charge in [0.05, 0.1) is 12.5 Å². The lowest BCUT2D eigenvalue weighted by Crippen LogP contribution is -2.10. The molecule has 2 aromatic rings. The van der Waals surface area contributed by atoms with E-state index in [0.29, 0.717) is 0 Å². The Morgan fingerprint density at radius 2 is 2.00 bits per heavy atom. The highest BCUT2D eigenvalue weighted by atomic mass is 32.2. The van der Waals surface area contributed by atoms with Crippen LogP contribution in [0.5, 0.6) is 0 Å². The van der Waals surface area contributed by atoms with Gasteiger partial charge in [-0.25, -0.2) is 8.42 Å². The Morgan fingerprint density at radius 3 is 2.55 bits per heavy atom. The van der Waals surface area contributed by atoms with E-state index >= 15 is 0 Å². The highest BCUT2D eigenvalue weighted by Gasteiger charge is 2.18. The molecule has 1 aromatic heterocycles. The lowest BCUT2D eigenvalue weighted by molar-refractivity contribution is -0.144. The van der Waals surface area contributed by atoms with Crippen molar-refractivity contribution in [2.75, 3.05) is 6.26 Å². The summed E-state index contributed by atoms with van der Waals surface area (Å²) in [5.41, 5.74) is 1.14. The number of esters is 1. The second-order valence-electron chi connectivity index (χ2n) is 4.58. The fourth-order valence-electron chi connectivity index (χ4n) is 1.69. The van der Waals surface area contributed by atoms with Crippen LogP contribution in [0.4, 0.5) is 0 Å². The Kier molecular flexibility index (Phi) is 4.71. The minimum atomic E-state index is -3.53. The average molecular weight is 321 g/mol. The van der Waals surface area contributed by atoms with Crippen molar-refractivity contribution in [3.63, 3.8) is 0 Å². The molecular formula is C14H15N3O4S. The number of benzene rings is 1. The zero-order valence-corrected chi connectivity index (χ0v) is 12.9. The van der Waals surface area contributed by atoms with Gasteiger partial charge < -0.3 is 4.74 Å². The first-order chi connectivity index (χ1) is 10.4. The Bertz CT molecular complexity index is 781. The van der Waals surface area contributed by atoms with Crippen LogP contribution in [0.15, 0.2) is 42.6 Å². The predicted octanol–water partition coefficient (Wildman–Crippen LogP) is 1.40. The molecule has 2 rings (SSSR count). The molecule has 116 valence electrons. The SMILES string of the molecule is CC(=O)OC(/C=C/c1ccccc1)c1cn(S(C)(=O)=O)nn1. The topological polar surface area (TPSA) is 91.2 Å². The predicted molar refractivity (Wildman–Crippen MR) is 80.2 cm³/mol. The van der Waals surface area contributed by atoms with Crippen molar-refractivity contribution in [1.29, 1.82) is 0 Å². The molecular weight excluding hydrogens is 306 g/mol. The van der Waals surface area contributed by atoms with Crippen molar-refractivity contribution in [3.8, 4) is 0 Å². The van der Waals surface area contributed by atoms with Gasteiger partial charge in [0.15, 0.2) is 6.10 Å². The van der Waals surface area contributed by atoms with Gasteiger partial charge in [0.25, 0.3) is 10.0 Å². The van der Waals surface area contributed by atoms with E-state index in [1.54, 1.807) is 12.2 Å². The summed E-state index contributed by atoms with van der Waals surface area (Å²) in [6, 6.07) is 9.41. The minimum Gasteiger partial charge on any atom is -0.452 e. The standard InChI is InChI=1S/C14H15N3O4S/c1-11(18)21-14(9-8-12-6-4-3-5-7-12)13-10-17(16-15-13)22(2,19)20/h3-10,14H,1-2H3/b9-8+. The summed E-state index contributed by atoms with van der Waals surface area (Å²) >= 11 is 0. The van der Waals surface area contributed by atoms with Crippen LogP contribution in [0.1, 0.15) is 24.3 Å². The van der Waals surface area contributed by atoms with Gasteiger partial charge in [-0.15, -0.1) is 9.19 Å². The van der Waals surface area contributed by atoms with Gasteiger partial charge >= 0.3 is 5.97 Å². The van der Waals surface area contributed by atoms with Crippen LogP contribution in [0.2, 0.25) is 0 Å². The van der Waals surface area contributed by atoms with Gasteiger partial charge in [0.2, 0.25) is 0 Å². The molecule has 0 radical (unpaired) electrons. The number of carbonyl (C=O) groups is 1. The first-order valence-corrected chi connectivity index (χ1v) is 8.24. The van der Waals surface area contributed by atoms with Crippen LogP contribution < -0.4 is 0 Å². The number of nitrogens with zero attached hydrogens (tertiary/aromatic N) is 3. The van der Waals surface area contributed by atoms with Crippen molar-refractivity contribution in [1.82, 2.24) is 14.4 Å². The second-order valence-corrected chi connectivity index (χ2v) is 6.42. The summed E-state index contributed by atoms with van der Waals surface area (Å²) in [4.78, 5) is 11.2. The number of aromatic nitrogens is 3. The van der Waals surface area contributed by atoms with Crippen LogP contribution in [-0.4, -0.2) is 35.0 Å². The van der Waals surface area contributed by atoms with Crippen LogP contribution >= 0.6 is 0 Å². The van der Waals surface area contributed by atoms with Crippen LogP contribution in [0, 0.1) is 0 Å². The molecule has 0 bridgehead atoms. The third kappa shape index (κ3) is 4.26. The molecule has 0 amide bonds. The van der Waals surface area contributed by atoms with Crippen molar-refractivity contribution < 1.29 is 17.9 Å². The first-order valence-electron chi connectivity index (χ1n) is 6.39. The van der Waals surface area contributed by atoms with E-state index < -0.39 is 22.1 Å². The zero-order chi connectivity index (χ0) is 16.2. The van der Waals surface area contributed by atoms with Crippen LogP contribution in [0.25, 0.3) is 6.08 Å². The molecule has 0 aliphatic carbocycles. The Labute approximate surface area is 128 Å². The molecule has 1 aromatic carbocycles. The molecule has 0 N–H and O–H groups in total. The summed E-state index contributed by atoms with van der Waals surface area (Å²) in [6.45, 7) is 1.27. The summed E-state index contributed by atoms with van der Waals surface area (Å²) in [5, 5.41) is 7.28. The molecule has 1 unspecified atom stereocenters. The van der Waals surface area contributed by atoms with Crippen molar-refractivity contribution in [2.24, 2.45) is 0 Å². The average Bonchev–Trinajstić information content (AvgIpc) is 2.94. The van der Waals surface area contributed by atoms with Crippen LogP contribution in [-0.2, 0) is 19.6 Å². The Balaban J connectivity index is 2.28. The fraction of sp³-hybridized carbons (Fsp3) is 0.214. The third-order valence-corrected chi connectivity index (χ3v) is 3.54. The van der Waals surface area contributed by atoms with E-state index in [4.69, 9.17) is 4.74 Å². The van der Waals surface area contributed by atoms with Gasteiger partial charge in [0.1, 0.15) is 5.69 Å². The lowest BCUT2D eigenvalue weighted by atomic mass is 10.1. The molecule has 0 spiro atoms. The summed E-state index contributed by atoms with van der Waals surface area (Å²) in [6.07, 6.45) is 4.79. The van der Waals surface area contributed by atoms with E-state index in [1.807, 2.05) is 30.3 Å². The number of hydrogen-bond donors (Lipinski definition) is 0. The largest absolute Gasteiger partial charge is 0.452 e. The Hall–Kier alpha value is -2.48. The zero-order valence-electron chi connectivity index (χ0n) is 12.1. The molecule has 7 nitrogen and oxygen atoms in total. The third-order valence-electron chi connectivity index (χ3n) is 2.68. The molecule has 0 fully saturated rings. The van der Waals surface area contributed by atoms with Gasteiger partial charge in [0, 0.05) is 6.92 Å². The molecule has 1 atom stereocenters. The highest BCUT2D eigenvalue weighted by Crippen LogP contribution is 2.18. The fourth-order valence-corrected chi connectivity index (χ4v) is 2.16. The maximum atomic E-state index is 11.4. The Morgan fingerprint density at radius 1 is 1.32 bits per heavy atom. The smallest absolute Gasteiger partial charge is 0.303 e. The van der Waals surface area contributed by atoms with Gasteiger partial charge in [-0.1, -0.05) is 41.6 Å². The summed E-state index contributed by atoms with van der Waals surface area (Å²) in [7, 11) is -3.53. The maximum absolute atomic E-state index is 11.4. The molecule has 1 heterocycles. The van der Waals surface area contributed by atoms with Crippen LogP contribution in [0.3, 0.4) is 0 Å². The van der Waals surface area contributed by atoms with Gasteiger partial charge in [-0.3, -0.25) is 4.79 Å². The number of rotatable bonds is 5. The van der Waals surface area contributed by atoms with E-state index in [0.717, 1.165) is 15.9 Å². The number of ether oxygens (including phenoxy) is 1. The van der Waals surface area contributed by atoms with E-state index in [2.05, 4.69) is 10.3 Å². The summed E-state index contributed by atoms with van der Waals surface area (Å²) < 4.78 is 28.7. The first kappa shape index (κ1) is 15.9. The van der Waals surface area contributed by atoms with E-state index in [-0.39, 0.29) is 5.69 Å². The van der Waals surface area contributed by atoms with E-state index in [9.17, 15) is 13.2 Å². The lowest BCUT2D eigenvalue weighted by Gasteiger charge is -2.09. The van der Waals surface area contributed by atoms with Crippen molar-refractivity contribution in [2.45, 2.75) is 13.0 Å². The van der Waals surface area contributed by atoms with Gasteiger partial charge in [-0.05, 0) is 11.6 Å². The molecule has 0 saturated carbocycles. The minimum absolute atomic E-state index is 0.229. The number of carbonyl (C=O) groups excluding carboxylic acids is 1. The maximum Gasteiger partial charge on any atom is 0.303 e. The highest BCUT2D eigenvalue weighted by molar-refractivity contribution is 7.89. The normalized spacial score (nSPS) is 13.2. The van der Waals surface area contributed by atoms with Crippen molar-refractivity contribution in [3.05, 3.63) is 53.9 Å². The molecule has 0 aliphatic rings. The van der Waals surface area contributed by atoms with Gasteiger partial charge in [-0.2, -0.15) is 0 Å². The molecule has 8 heteroatoms. The number of hydrogen-bond acceptors (Lipinski definition) is 6. The van der Waals surface area contributed by atoms with E-state index in [1.165, 1.54) is 13.1 Å². The molecule has 0 aliphatic heterocycles. The second kappa shape index (κ2) is 6.52. The molecule has 0 saturated heterocycles. The summed E-state index contributed by atoms with van der Waals surface area (Å²) in [5.74, 6) is -0.503. The molecule has 22 heavy (non-hydrogen) atoms. The monoisotopic (exact) mass is 321 g/mol. The van der Waals surface area contributed by atoms with Crippen molar-refractivity contribution >= 4 is 22.1 Å².